The van der Waals surface area contributed by atoms with Gasteiger partial charge in [0.1, 0.15) is 13.2 Å². The van der Waals surface area contributed by atoms with Crippen LogP contribution in [0.3, 0.4) is 0 Å². The van der Waals surface area contributed by atoms with Crippen molar-refractivity contribution < 1.29 is 28.6 Å². The maximum atomic E-state index is 12.7. The van der Waals surface area contributed by atoms with E-state index in [1.165, 1.54) is 89.9 Å². The van der Waals surface area contributed by atoms with Gasteiger partial charge in [-0.1, -0.05) is 231 Å². The predicted octanol–water partition coefficient (Wildman–Crippen LogP) is 16.3. The van der Waals surface area contributed by atoms with Crippen molar-refractivity contribution >= 4 is 17.9 Å². The maximum absolute atomic E-state index is 12.7. The lowest BCUT2D eigenvalue weighted by Gasteiger charge is -2.18. The molecule has 0 amide bonds. The second-order valence-electron chi connectivity index (χ2n) is 15.8. The summed E-state index contributed by atoms with van der Waals surface area (Å²) in [5.74, 6) is -1.10. The van der Waals surface area contributed by atoms with Crippen molar-refractivity contribution in [3.63, 3.8) is 0 Å². The maximum Gasteiger partial charge on any atom is 0.306 e. The Bertz CT molecular complexity index is 1420. The molecule has 63 heavy (non-hydrogen) atoms. The average molecular weight is 869 g/mol. The van der Waals surface area contributed by atoms with E-state index < -0.39 is 12.1 Å². The third-order valence-electron chi connectivity index (χ3n) is 9.88. The van der Waals surface area contributed by atoms with Crippen LogP contribution in [0, 0.1) is 0 Å². The van der Waals surface area contributed by atoms with Gasteiger partial charge in [-0.15, -0.1) is 0 Å². The van der Waals surface area contributed by atoms with E-state index >= 15 is 0 Å². The Hall–Kier alpha value is -4.45. The van der Waals surface area contributed by atoms with Crippen LogP contribution in [-0.2, 0) is 28.6 Å². The van der Waals surface area contributed by atoms with Gasteiger partial charge < -0.3 is 14.2 Å². The molecule has 0 aliphatic rings. The number of ether oxygens (including phenoxy) is 3. The Morgan fingerprint density at radius 3 is 1.06 bits per heavy atom. The lowest BCUT2D eigenvalue weighted by molar-refractivity contribution is -0.167. The lowest BCUT2D eigenvalue weighted by Crippen LogP contribution is -2.30. The van der Waals surface area contributed by atoms with Crippen LogP contribution >= 0.6 is 0 Å². The quantitative estimate of drug-likeness (QED) is 0.0200. The fraction of sp³-hybridized carbons (Fsp3) is 0.561. The molecule has 0 fully saturated rings. The first-order valence-electron chi connectivity index (χ1n) is 24.8. The monoisotopic (exact) mass is 869 g/mol. The van der Waals surface area contributed by atoms with Crippen LogP contribution in [0.5, 0.6) is 0 Å². The van der Waals surface area contributed by atoms with Gasteiger partial charge in [0.05, 0.1) is 0 Å². The fourth-order valence-corrected chi connectivity index (χ4v) is 6.20. The highest BCUT2D eigenvalue weighted by Gasteiger charge is 2.19. The molecule has 0 radical (unpaired) electrons. The molecular formula is C57H88O6. The van der Waals surface area contributed by atoms with Crippen molar-refractivity contribution in [1.82, 2.24) is 0 Å². The number of hydrogen-bond donors (Lipinski definition) is 0. The van der Waals surface area contributed by atoms with E-state index in [2.05, 4.69) is 45.1 Å². The van der Waals surface area contributed by atoms with E-state index in [4.69, 9.17) is 14.2 Å². The lowest BCUT2D eigenvalue weighted by atomic mass is 10.1. The number of allylic oxidation sites excluding steroid dienone is 22. The number of esters is 3. The van der Waals surface area contributed by atoms with Crippen molar-refractivity contribution in [2.24, 2.45) is 0 Å². The molecule has 0 saturated heterocycles. The first kappa shape index (κ1) is 58.6. The Labute approximate surface area is 385 Å². The van der Waals surface area contributed by atoms with Gasteiger partial charge in [0.15, 0.2) is 6.10 Å². The van der Waals surface area contributed by atoms with Crippen LogP contribution < -0.4 is 0 Å². The minimum Gasteiger partial charge on any atom is -0.462 e. The van der Waals surface area contributed by atoms with Gasteiger partial charge in [-0.05, 0) is 70.6 Å². The van der Waals surface area contributed by atoms with E-state index in [1.807, 2.05) is 109 Å². The summed E-state index contributed by atoms with van der Waals surface area (Å²) in [6.45, 7) is 6.19. The molecule has 0 bridgehead atoms. The van der Waals surface area contributed by atoms with E-state index in [1.54, 1.807) is 0 Å². The summed E-state index contributed by atoms with van der Waals surface area (Å²) in [6, 6.07) is 0. The Morgan fingerprint density at radius 2 is 0.651 bits per heavy atom. The molecule has 0 aromatic carbocycles. The molecule has 6 nitrogen and oxygen atoms in total. The Balaban J connectivity index is 4.55. The van der Waals surface area contributed by atoms with E-state index in [0.717, 1.165) is 38.5 Å². The minimum atomic E-state index is -0.849. The second-order valence-corrected chi connectivity index (χ2v) is 15.8. The standard InChI is InChI=1S/C57H88O6/c1-4-7-10-13-16-19-22-25-26-27-28-29-30-33-35-38-41-44-47-50-56(59)62-53-54(63-57(60)51-48-45-42-39-36-32-24-21-18-15-12-9-6-3)52-61-55(58)49-46-43-40-37-34-31-23-20-17-14-11-8-5-2/h8-9,11-12,14-15,17-18,20-21,23-24,27-28,31-32,34,36-37,39-40,42,54H,4-7,10,13,16,19,22,25-26,29-30,33,35,38,41,43-53H2,1-3H3/b11-8+,12-9+,17-14+,18-15+,23-20+,24-21+,28-27+,34-31+,36-32+,40-37+,42-39+. The van der Waals surface area contributed by atoms with Crippen molar-refractivity contribution in [3.05, 3.63) is 134 Å². The summed E-state index contributed by atoms with van der Waals surface area (Å²) in [5, 5.41) is 0. The van der Waals surface area contributed by atoms with E-state index in [-0.39, 0.29) is 38.0 Å². The van der Waals surface area contributed by atoms with Gasteiger partial charge in [0, 0.05) is 19.3 Å². The number of hydrogen-bond acceptors (Lipinski definition) is 6. The third kappa shape index (κ3) is 48.4. The minimum absolute atomic E-state index is 0.136. The molecule has 0 aromatic heterocycles. The number of rotatable bonds is 42. The first-order valence-corrected chi connectivity index (χ1v) is 24.8. The summed E-state index contributed by atoms with van der Waals surface area (Å²) in [5.41, 5.74) is 0. The molecule has 0 N–H and O–H groups in total. The fourth-order valence-electron chi connectivity index (χ4n) is 6.20. The molecule has 0 saturated carbocycles. The Kier molecular flexibility index (Phi) is 46.7. The zero-order valence-corrected chi connectivity index (χ0v) is 40.0. The number of carbonyl (C=O) groups excluding carboxylic acids is 3. The Morgan fingerprint density at radius 1 is 0.333 bits per heavy atom. The van der Waals surface area contributed by atoms with Crippen LogP contribution in [0.25, 0.3) is 0 Å². The average Bonchev–Trinajstić information content (AvgIpc) is 3.28. The van der Waals surface area contributed by atoms with Gasteiger partial charge in [0.25, 0.3) is 0 Å². The smallest absolute Gasteiger partial charge is 0.306 e. The van der Waals surface area contributed by atoms with Gasteiger partial charge in [-0.2, -0.15) is 0 Å². The molecule has 0 heterocycles. The molecule has 1 atom stereocenters. The first-order chi connectivity index (χ1) is 31.0. The second kappa shape index (κ2) is 50.2. The summed E-state index contributed by atoms with van der Waals surface area (Å²) in [6.07, 6.45) is 70.3. The summed E-state index contributed by atoms with van der Waals surface area (Å²) in [4.78, 5) is 37.8. The van der Waals surface area contributed by atoms with Crippen LogP contribution in [-0.4, -0.2) is 37.2 Å². The highest BCUT2D eigenvalue weighted by molar-refractivity contribution is 5.71. The molecular weight excluding hydrogens is 781 g/mol. The van der Waals surface area contributed by atoms with Crippen LogP contribution in [0.2, 0.25) is 0 Å². The van der Waals surface area contributed by atoms with Crippen LogP contribution in [0.4, 0.5) is 0 Å². The molecule has 0 rings (SSSR count). The zero-order valence-electron chi connectivity index (χ0n) is 40.0. The molecule has 352 valence electrons. The number of carbonyl (C=O) groups is 3. The van der Waals surface area contributed by atoms with Gasteiger partial charge >= 0.3 is 17.9 Å². The van der Waals surface area contributed by atoms with E-state index in [9.17, 15) is 14.4 Å². The molecule has 0 aromatic rings. The summed E-state index contributed by atoms with van der Waals surface area (Å²) < 4.78 is 16.6. The largest absolute Gasteiger partial charge is 0.462 e. The summed E-state index contributed by atoms with van der Waals surface area (Å²) in [7, 11) is 0. The zero-order chi connectivity index (χ0) is 45.8. The highest BCUT2D eigenvalue weighted by atomic mass is 16.6. The molecule has 1 unspecified atom stereocenters. The normalized spacial score (nSPS) is 13.3. The molecule has 6 heteroatoms. The highest BCUT2D eigenvalue weighted by Crippen LogP contribution is 2.13. The SMILES string of the molecule is CC/C=C/C=C/C=C/C=C/C=C/CCCC(=O)OCC(COC(=O)CCCCCCCCC/C=C/CCCCCCCCCC)OC(=O)CCC/C=C/C=C/C=C/C=C/C=C/CC. The predicted molar refractivity (Wildman–Crippen MR) is 269 cm³/mol. The van der Waals surface area contributed by atoms with E-state index in [0.29, 0.717) is 25.7 Å². The summed E-state index contributed by atoms with van der Waals surface area (Å²) >= 11 is 0. The van der Waals surface area contributed by atoms with Gasteiger partial charge in [-0.3, -0.25) is 14.4 Å². The molecule has 0 aliphatic heterocycles. The van der Waals surface area contributed by atoms with Crippen molar-refractivity contribution in [1.29, 1.82) is 0 Å². The van der Waals surface area contributed by atoms with Gasteiger partial charge in [0.2, 0.25) is 0 Å². The molecule has 0 aliphatic carbocycles. The van der Waals surface area contributed by atoms with Crippen molar-refractivity contribution in [2.75, 3.05) is 13.2 Å². The van der Waals surface area contributed by atoms with Crippen molar-refractivity contribution in [3.8, 4) is 0 Å². The van der Waals surface area contributed by atoms with Crippen LogP contribution in [0.1, 0.15) is 188 Å². The van der Waals surface area contributed by atoms with Crippen molar-refractivity contribution in [2.45, 2.75) is 194 Å². The third-order valence-corrected chi connectivity index (χ3v) is 9.88. The van der Waals surface area contributed by atoms with Crippen LogP contribution in [0.15, 0.2) is 134 Å². The molecule has 0 spiro atoms. The topological polar surface area (TPSA) is 78.9 Å². The van der Waals surface area contributed by atoms with Gasteiger partial charge in [-0.25, -0.2) is 0 Å². The number of unbranched alkanes of at least 4 members (excludes halogenated alkanes) is 17.